The third kappa shape index (κ3) is 3.00. The van der Waals surface area contributed by atoms with Crippen molar-refractivity contribution in [3.8, 4) is 0 Å². The lowest BCUT2D eigenvalue weighted by Gasteiger charge is -2.16. The van der Waals surface area contributed by atoms with E-state index in [2.05, 4.69) is 20.9 Å². The van der Waals surface area contributed by atoms with E-state index in [4.69, 9.17) is 11.6 Å². The first kappa shape index (κ1) is 13.5. The Morgan fingerprint density at radius 2 is 2.15 bits per heavy atom. The second kappa shape index (κ2) is 5.90. The van der Waals surface area contributed by atoms with Crippen molar-refractivity contribution in [2.45, 2.75) is 25.8 Å². The van der Waals surface area contributed by atoms with Gasteiger partial charge in [0.05, 0.1) is 0 Å². The van der Waals surface area contributed by atoms with E-state index >= 15 is 0 Å². The molecule has 0 bridgehead atoms. The largest absolute Gasteiger partial charge is 0.298 e. The first-order chi connectivity index (χ1) is 9.72. The molecule has 1 atom stereocenters. The zero-order chi connectivity index (χ0) is 13.9. The normalized spacial score (nSPS) is 19.4. The fraction of sp³-hybridized carbons (Fsp3) is 0.375. The molecule has 104 valence electrons. The molecule has 2 heterocycles. The Morgan fingerprint density at radius 1 is 1.30 bits per heavy atom. The Labute approximate surface area is 124 Å². The minimum absolute atomic E-state index is 0.442. The van der Waals surface area contributed by atoms with Gasteiger partial charge in [-0.25, -0.2) is 9.97 Å². The summed E-state index contributed by atoms with van der Waals surface area (Å²) in [5.41, 5.74) is 2.24. The van der Waals surface area contributed by atoms with Crippen molar-refractivity contribution in [1.82, 2.24) is 14.9 Å². The third-order valence-corrected chi connectivity index (χ3v) is 4.17. The van der Waals surface area contributed by atoms with Gasteiger partial charge in [-0.3, -0.25) is 4.90 Å². The second-order valence-corrected chi connectivity index (χ2v) is 5.78. The molecular formula is C16H18ClN3. The molecule has 0 N–H and O–H groups in total. The van der Waals surface area contributed by atoms with Crippen LogP contribution in [0.3, 0.4) is 0 Å². The van der Waals surface area contributed by atoms with Gasteiger partial charge in [0.2, 0.25) is 0 Å². The maximum atomic E-state index is 6.23. The van der Waals surface area contributed by atoms with Crippen LogP contribution in [-0.2, 0) is 6.54 Å². The smallest absolute Gasteiger partial charge is 0.132 e. The summed E-state index contributed by atoms with van der Waals surface area (Å²) >= 11 is 6.23. The van der Waals surface area contributed by atoms with Crippen LogP contribution in [0.5, 0.6) is 0 Å². The second-order valence-electron chi connectivity index (χ2n) is 5.37. The molecule has 0 aliphatic carbocycles. The number of halogens is 1. The molecular weight excluding hydrogens is 270 g/mol. The lowest BCUT2D eigenvalue weighted by Crippen LogP contribution is -2.20. The van der Waals surface area contributed by atoms with Crippen molar-refractivity contribution in [3.05, 3.63) is 58.6 Å². The summed E-state index contributed by atoms with van der Waals surface area (Å²) < 4.78 is 0. The number of hydrogen-bond acceptors (Lipinski definition) is 3. The molecule has 1 saturated heterocycles. The van der Waals surface area contributed by atoms with Crippen molar-refractivity contribution in [2.75, 3.05) is 13.1 Å². The maximum absolute atomic E-state index is 6.23. The van der Waals surface area contributed by atoms with Gasteiger partial charge < -0.3 is 0 Å². The molecule has 20 heavy (non-hydrogen) atoms. The first-order valence-electron chi connectivity index (χ1n) is 6.97. The van der Waals surface area contributed by atoms with E-state index in [9.17, 15) is 0 Å². The quantitative estimate of drug-likeness (QED) is 0.866. The zero-order valence-electron chi connectivity index (χ0n) is 11.6. The Morgan fingerprint density at radius 3 is 2.95 bits per heavy atom. The van der Waals surface area contributed by atoms with Crippen LogP contribution in [0.4, 0.5) is 0 Å². The number of aryl methyl sites for hydroxylation is 1. The van der Waals surface area contributed by atoms with E-state index in [-0.39, 0.29) is 0 Å². The summed E-state index contributed by atoms with van der Waals surface area (Å²) in [6.07, 6.45) is 2.97. The highest BCUT2D eigenvalue weighted by Crippen LogP contribution is 2.27. The highest BCUT2D eigenvalue weighted by atomic mass is 35.5. The molecule has 0 saturated carbocycles. The Kier molecular flexibility index (Phi) is 3.99. The molecule has 4 heteroatoms. The Bertz CT molecular complexity index is 600. The summed E-state index contributed by atoms with van der Waals surface area (Å²) in [7, 11) is 0. The van der Waals surface area contributed by atoms with Crippen molar-refractivity contribution in [2.24, 2.45) is 0 Å². The van der Waals surface area contributed by atoms with Crippen molar-refractivity contribution in [3.63, 3.8) is 0 Å². The van der Waals surface area contributed by atoms with Crippen LogP contribution in [0, 0.1) is 6.92 Å². The summed E-state index contributed by atoms with van der Waals surface area (Å²) in [5, 5.41) is 0.850. The van der Waals surface area contributed by atoms with E-state index in [1.165, 1.54) is 5.56 Å². The average Bonchev–Trinajstić information content (AvgIpc) is 2.90. The highest BCUT2D eigenvalue weighted by molar-refractivity contribution is 6.31. The number of nitrogens with zero attached hydrogens (tertiary/aromatic N) is 3. The van der Waals surface area contributed by atoms with Crippen molar-refractivity contribution in [1.29, 1.82) is 0 Å². The molecule has 0 radical (unpaired) electrons. The minimum Gasteiger partial charge on any atom is -0.298 e. The third-order valence-electron chi connectivity index (χ3n) is 3.80. The molecule has 0 amide bonds. The molecule has 1 aromatic heterocycles. The van der Waals surface area contributed by atoms with Gasteiger partial charge in [0, 0.05) is 35.9 Å². The summed E-state index contributed by atoms with van der Waals surface area (Å²) in [6.45, 7) is 5.01. The van der Waals surface area contributed by atoms with Crippen molar-refractivity contribution < 1.29 is 0 Å². The standard InChI is InChI=1S/C16H18ClN3/c1-12-6-8-18-16(19-12)14-7-9-20(11-14)10-13-4-2-3-5-15(13)17/h2-6,8,14H,7,9-11H2,1H3/t14-/m1/s1. The molecule has 3 rings (SSSR count). The van der Waals surface area contributed by atoms with E-state index < -0.39 is 0 Å². The van der Waals surface area contributed by atoms with Crippen LogP contribution in [-0.4, -0.2) is 28.0 Å². The van der Waals surface area contributed by atoms with Gasteiger partial charge in [0.15, 0.2) is 0 Å². The number of rotatable bonds is 3. The Hall–Kier alpha value is -1.45. The summed E-state index contributed by atoms with van der Waals surface area (Å²) in [5.74, 6) is 1.42. The average molecular weight is 288 g/mol. The van der Waals surface area contributed by atoms with Gasteiger partial charge in [-0.05, 0) is 37.6 Å². The Balaban J connectivity index is 1.67. The van der Waals surface area contributed by atoms with E-state index in [1.807, 2.05) is 37.4 Å². The maximum Gasteiger partial charge on any atom is 0.132 e. The SMILES string of the molecule is Cc1ccnc([C@@H]2CCN(Cc3ccccc3Cl)C2)n1. The number of likely N-dealkylation sites (tertiary alicyclic amines) is 1. The van der Waals surface area contributed by atoms with Gasteiger partial charge >= 0.3 is 0 Å². The molecule has 2 aromatic rings. The first-order valence-corrected chi connectivity index (χ1v) is 7.35. The highest BCUT2D eigenvalue weighted by Gasteiger charge is 2.26. The summed E-state index contributed by atoms with van der Waals surface area (Å²) in [6, 6.07) is 10.0. The van der Waals surface area contributed by atoms with Gasteiger partial charge in [-0.1, -0.05) is 29.8 Å². The minimum atomic E-state index is 0.442. The molecule has 3 nitrogen and oxygen atoms in total. The van der Waals surface area contributed by atoms with Gasteiger partial charge in [-0.15, -0.1) is 0 Å². The van der Waals surface area contributed by atoms with Gasteiger partial charge in [-0.2, -0.15) is 0 Å². The van der Waals surface area contributed by atoms with Crippen LogP contribution < -0.4 is 0 Å². The topological polar surface area (TPSA) is 29.0 Å². The van der Waals surface area contributed by atoms with Crippen LogP contribution in [0.1, 0.15) is 29.4 Å². The number of hydrogen-bond donors (Lipinski definition) is 0. The predicted molar refractivity (Wildman–Crippen MR) is 80.9 cm³/mol. The predicted octanol–water partition coefficient (Wildman–Crippen LogP) is 3.43. The molecule has 0 spiro atoms. The van der Waals surface area contributed by atoms with Crippen LogP contribution in [0.2, 0.25) is 5.02 Å². The fourth-order valence-electron chi connectivity index (χ4n) is 2.72. The molecule has 0 unspecified atom stereocenters. The van der Waals surface area contributed by atoms with Crippen LogP contribution >= 0.6 is 11.6 Å². The van der Waals surface area contributed by atoms with Crippen LogP contribution in [0.25, 0.3) is 0 Å². The van der Waals surface area contributed by atoms with Gasteiger partial charge in [0.1, 0.15) is 5.82 Å². The van der Waals surface area contributed by atoms with Gasteiger partial charge in [0.25, 0.3) is 0 Å². The number of aromatic nitrogens is 2. The molecule has 1 fully saturated rings. The fourth-order valence-corrected chi connectivity index (χ4v) is 2.92. The van der Waals surface area contributed by atoms with E-state index in [1.54, 1.807) is 0 Å². The monoisotopic (exact) mass is 287 g/mol. The summed E-state index contributed by atoms with van der Waals surface area (Å²) in [4.78, 5) is 11.4. The zero-order valence-corrected chi connectivity index (χ0v) is 12.3. The van der Waals surface area contributed by atoms with E-state index in [0.29, 0.717) is 5.92 Å². The number of benzene rings is 1. The lowest BCUT2D eigenvalue weighted by molar-refractivity contribution is 0.326. The van der Waals surface area contributed by atoms with E-state index in [0.717, 1.165) is 42.6 Å². The van der Waals surface area contributed by atoms with Crippen molar-refractivity contribution >= 4 is 11.6 Å². The molecule has 1 aliphatic heterocycles. The van der Waals surface area contributed by atoms with Crippen LogP contribution in [0.15, 0.2) is 36.5 Å². The molecule has 1 aliphatic rings. The lowest BCUT2D eigenvalue weighted by atomic mass is 10.1. The molecule has 1 aromatic carbocycles.